The third-order valence-corrected chi connectivity index (χ3v) is 7.81. The Morgan fingerprint density at radius 1 is 0.971 bits per heavy atom. The molecule has 4 aromatic rings. The summed E-state index contributed by atoms with van der Waals surface area (Å²) in [5, 5.41) is 7.23. The van der Waals surface area contributed by atoms with Crippen molar-refractivity contribution >= 4 is 39.1 Å². The minimum atomic E-state index is 0.147. The van der Waals surface area contributed by atoms with Crippen LogP contribution in [0.1, 0.15) is 17.4 Å². The van der Waals surface area contributed by atoms with Crippen LogP contribution in [0.4, 0.5) is 5.82 Å². The van der Waals surface area contributed by atoms with Gasteiger partial charge < -0.3 is 10.2 Å². The van der Waals surface area contributed by atoms with Crippen LogP contribution >= 0.6 is 23.1 Å². The number of rotatable bonds is 8. The molecule has 1 atom stereocenters. The number of hydrogen-bond donors (Lipinski definition) is 1. The van der Waals surface area contributed by atoms with Crippen LogP contribution in [0.25, 0.3) is 21.3 Å². The van der Waals surface area contributed by atoms with E-state index < -0.39 is 0 Å². The van der Waals surface area contributed by atoms with E-state index in [-0.39, 0.29) is 6.04 Å². The molecule has 0 bridgehead atoms. The van der Waals surface area contributed by atoms with E-state index in [1.807, 2.05) is 0 Å². The zero-order valence-corrected chi connectivity index (χ0v) is 21.4. The summed E-state index contributed by atoms with van der Waals surface area (Å²) in [6.07, 6.45) is 2.10. The zero-order valence-electron chi connectivity index (χ0n) is 19.8. The first-order valence-electron chi connectivity index (χ1n) is 11.8. The minimum Gasteiger partial charge on any atom is -0.361 e. The van der Waals surface area contributed by atoms with Crippen molar-refractivity contribution in [1.29, 1.82) is 0 Å². The van der Waals surface area contributed by atoms with Gasteiger partial charge in [-0.3, -0.25) is 4.90 Å². The number of nitrogens with zero attached hydrogens (tertiary/aromatic N) is 4. The predicted molar refractivity (Wildman–Crippen MR) is 147 cm³/mol. The average Bonchev–Trinajstić information content (AvgIpc) is 3.30. The lowest BCUT2D eigenvalue weighted by Crippen LogP contribution is -2.46. The number of fused-ring (bicyclic) bond motifs is 1. The summed E-state index contributed by atoms with van der Waals surface area (Å²) < 4.78 is 0. The summed E-state index contributed by atoms with van der Waals surface area (Å²) in [4.78, 5) is 16.0. The third kappa shape index (κ3) is 5.28. The molecule has 5 rings (SSSR count). The van der Waals surface area contributed by atoms with Crippen LogP contribution in [0, 0.1) is 0 Å². The number of piperazine rings is 1. The van der Waals surface area contributed by atoms with Crippen molar-refractivity contribution in [3.63, 3.8) is 0 Å². The van der Waals surface area contributed by atoms with E-state index in [4.69, 9.17) is 9.97 Å². The Hall–Kier alpha value is -2.45. The van der Waals surface area contributed by atoms with Gasteiger partial charge in [0.1, 0.15) is 16.5 Å². The van der Waals surface area contributed by atoms with Crippen molar-refractivity contribution in [2.45, 2.75) is 11.8 Å². The molecule has 5 nitrogen and oxygen atoms in total. The molecule has 34 heavy (non-hydrogen) atoms. The van der Waals surface area contributed by atoms with Crippen LogP contribution < -0.4 is 5.32 Å². The van der Waals surface area contributed by atoms with Gasteiger partial charge in [0, 0.05) is 43.7 Å². The summed E-state index contributed by atoms with van der Waals surface area (Å²) in [5.41, 5.74) is 3.69. The fourth-order valence-corrected chi connectivity index (χ4v) is 5.84. The molecule has 1 aliphatic rings. The summed E-state index contributed by atoms with van der Waals surface area (Å²) >= 11 is 3.46. The highest BCUT2D eigenvalue weighted by molar-refractivity contribution is 7.97. The van der Waals surface area contributed by atoms with Crippen molar-refractivity contribution in [3.05, 3.63) is 77.4 Å². The van der Waals surface area contributed by atoms with E-state index in [2.05, 4.69) is 94.5 Å². The Bertz CT molecular complexity index is 1200. The second-order valence-electron chi connectivity index (χ2n) is 8.83. The normalized spacial score (nSPS) is 16.1. The maximum atomic E-state index is 5.06. The largest absolute Gasteiger partial charge is 0.361 e. The first kappa shape index (κ1) is 23.3. The standard InChI is InChI=1S/C27H31N5S2/c1-31-13-15-32(16-14-31)17-23(21-11-7-4-8-12-21)28-26-25-22(20-9-5-3-6-10-20)18-34-27(25)30-24(29-26)19-33-2/h3-12,18,23H,13-17,19H2,1-2H3,(H,28,29,30). The van der Waals surface area contributed by atoms with Gasteiger partial charge in [-0.15, -0.1) is 11.3 Å². The minimum absolute atomic E-state index is 0.147. The highest BCUT2D eigenvalue weighted by Gasteiger charge is 2.23. The van der Waals surface area contributed by atoms with E-state index in [9.17, 15) is 0 Å². The summed E-state index contributed by atoms with van der Waals surface area (Å²) in [6, 6.07) is 21.5. The molecule has 0 radical (unpaired) electrons. The Balaban J connectivity index is 1.55. The van der Waals surface area contributed by atoms with Crippen LogP contribution in [-0.4, -0.2) is 65.8 Å². The molecule has 176 valence electrons. The quantitative estimate of drug-likeness (QED) is 0.346. The first-order valence-corrected chi connectivity index (χ1v) is 14.0. The van der Waals surface area contributed by atoms with E-state index in [0.717, 1.165) is 60.3 Å². The highest BCUT2D eigenvalue weighted by atomic mass is 32.2. The Kier molecular flexibility index (Phi) is 7.45. The van der Waals surface area contributed by atoms with Crippen molar-refractivity contribution in [1.82, 2.24) is 19.8 Å². The number of benzene rings is 2. The van der Waals surface area contributed by atoms with E-state index in [1.54, 1.807) is 23.1 Å². The summed E-state index contributed by atoms with van der Waals surface area (Å²) in [6.45, 7) is 5.35. The summed E-state index contributed by atoms with van der Waals surface area (Å²) in [7, 11) is 2.21. The molecule has 1 fully saturated rings. The van der Waals surface area contributed by atoms with Gasteiger partial charge in [0.15, 0.2) is 0 Å². The van der Waals surface area contributed by atoms with Gasteiger partial charge in [0.05, 0.1) is 17.2 Å². The fraction of sp³-hybridized carbons (Fsp3) is 0.333. The van der Waals surface area contributed by atoms with Crippen molar-refractivity contribution in [2.24, 2.45) is 0 Å². The molecule has 0 amide bonds. The second-order valence-corrected chi connectivity index (χ2v) is 10.6. The number of aromatic nitrogens is 2. The fourth-order valence-electron chi connectivity index (χ4n) is 4.49. The Morgan fingerprint density at radius 3 is 2.38 bits per heavy atom. The molecule has 3 heterocycles. The molecule has 0 spiro atoms. The number of anilines is 1. The second kappa shape index (κ2) is 10.9. The lowest BCUT2D eigenvalue weighted by molar-refractivity contribution is 0.149. The SMILES string of the molecule is CSCc1nc(NC(CN2CCN(C)CC2)c2ccccc2)c2c(-c3ccccc3)csc2n1. The molecular weight excluding hydrogens is 458 g/mol. The smallest absolute Gasteiger partial charge is 0.142 e. The Labute approximate surface area is 210 Å². The van der Waals surface area contributed by atoms with Crippen LogP contribution in [0.5, 0.6) is 0 Å². The maximum Gasteiger partial charge on any atom is 0.142 e. The van der Waals surface area contributed by atoms with Gasteiger partial charge in [0.2, 0.25) is 0 Å². The van der Waals surface area contributed by atoms with Gasteiger partial charge in [-0.05, 0) is 24.4 Å². The van der Waals surface area contributed by atoms with Gasteiger partial charge in [-0.1, -0.05) is 60.7 Å². The molecule has 0 aliphatic carbocycles. The Morgan fingerprint density at radius 2 is 1.68 bits per heavy atom. The zero-order chi connectivity index (χ0) is 23.3. The summed E-state index contributed by atoms with van der Waals surface area (Å²) in [5.74, 6) is 2.63. The molecule has 2 aromatic heterocycles. The van der Waals surface area contributed by atoms with E-state index in [1.165, 1.54) is 16.7 Å². The number of thioether (sulfide) groups is 1. The number of nitrogens with one attached hydrogen (secondary N) is 1. The van der Waals surface area contributed by atoms with Crippen LogP contribution in [0.2, 0.25) is 0 Å². The van der Waals surface area contributed by atoms with Gasteiger partial charge in [-0.25, -0.2) is 9.97 Å². The topological polar surface area (TPSA) is 44.3 Å². The highest BCUT2D eigenvalue weighted by Crippen LogP contribution is 2.38. The van der Waals surface area contributed by atoms with E-state index in [0.29, 0.717) is 0 Å². The number of likely N-dealkylation sites (N-methyl/N-ethyl adjacent to an activating group) is 1. The van der Waals surface area contributed by atoms with Gasteiger partial charge in [-0.2, -0.15) is 11.8 Å². The molecule has 1 N–H and O–H groups in total. The van der Waals surface area contributed by atoms with Crippen molar-refractivity contribution in [3.8, 4) is 11.1 Å². The molecule has 1 unspecified atom stereocenters. The van der Waals surface area contributed by atoms with Crippen LogP contribution in [0.3, 0.4) is 0 Å². The molecule has 7 heteroatoms. The molecule has 0 saturated carbocycles. The van der Waals surface area contributed by atoms with Crippen LogP contribution in [0.15, 0.2) is 66.0 Å². The van der Waals surface area contributed by atoms with Crippen molar-refractivity contribution in [2.75, 3.05) is 51.3 Å². The monoisotopic (exact) mass is 489 g/mol. The van der Waals surface area contributed by atoms with Crippen molar-refractivity contribution < 1.29 is 0 Å². The molecule has 1 saturated heterocycles. The lowest BCUT2D eigenvalue weighted by atomic mass is 10.0. The molecular formula is C27H31N5S2. The average molecular weight is 490 g/mol. The number of thiophene rings is 1. The van der Waals surface area contributed by atoms with E-state index >= 15 is 0 Å². The van der Waals surface area contributed by atoms with Gasteiger partial charge >= 0.3 is 0 Å². The predicted octanol–water partition coefficient (Wildman–Crippen LogP) is 5.62. The van der Waals surface area contributed by atoms with Gasteiger partial charge in [0.25, 0.3) is 0 Å². The first-order chi connectivity index (χ1) is 16.7. The molecule has 2 aromatic carbocycles. The third-order valence-electron chi connectivity index (χ3n) is 6.39. The lowest BCUT2D eigenvalue weighted by Gasteiger charge is -2.35. The molecule has 1 aliphatic heterocycles. The van der Waals surface area contributed by atoms with Crippen LogP contribution in [-0.2, 0) is 5.75 Å². The number of hydrogen-bond acceptors (Lipinski definition) is 7. The maximum absolute atomic E-state index is 5.06.